The van der Waals surface area contributed by atoms with Gasteiger partial charge in [0.1, 0.15) is 11.0 Å². The number of nitrogens with zero attached hydrogens (tertiary/aromatic N) is 3. The minimum absolute atomic E-state index is 0.0480. The Morgan fingerprint density at radius 3 is 2.60 bits per heavy atom. The second kappa shape index (κ2) is 7.31. The van der Waals surface area contributed by atoms with Crippen molar-refractivity contribution in [1.82, 2.24) is 15.0 Å². The molecule has 0 atom stereocenters. The van der Waals surface area contributed by atoms with Crippen molar-refractivity contribution >= 4 is 55.3 Å². The highest BCUT2D eigenvalue weighted by atomic mass is 16.1. The summed E-state index contributed by atoms with van der Waals surface area (Å²) in [7, 11) is 0. The van der Waals surface area contributed by atoms with E-state index >= 15 is 0 Å². The summed E-state index contributed by atoms with van der Waals surface area (Å²) in [6, 6.07) is 17.6. The van der Waals surface area contributed by atoms with Gasteiger partial charge in [0, 0.05) is 22.9 Å². The molecule has 0 radical (unpaired) electrons. The normalized spacial score (nSPS) is 11.5. The van der Waals surface area contributed by atoms with Crippen molar-refractivity contribution in [2.24, 2.45) is 5.73 Å². The quantitative estimate of drug-likeness (QED) is 0.198. The molecule has 0 saturated carbocycles. The Labute approximate surface area is 173 Å². The second-order valence-corrected chi connectivity index (χ2v) is 7.39. The molecule has 0 unspecified atom stereocenters. The average Bonchev–Trinajstić information content (AvgIpc) is 2.77. The van der Waals surface area contributed by atoms with Gasteiger partial charge in [-0.3, -0.25) is 4.79 Å². The zero-order chi connectivity index (χ0) is 20.7. The van der Waals surface area contributed by atoms with Crippen molar-refractivity contribution in [2.75, 3.05) is 18.4 Å². The number of benzene rings is 3. The van der Waals surface area contributed by atoms with Gasteiger partial charge in [0.15, 0.2) is 11.6 Å². The molecule has 0 bridgehead atoms. The number of rotatable bonds is 5. The molecular formula is C24H21N5O. The summed E-state index contributed by atoms with van der Waals surface area (Å²) in [4.78, 5) is 26.5. The Morgan fingerprint density at radius 1 is 0.900 bits per heavy atom. The van der Waals surface area contributed by atoms with E-state index in [9.17, 15) is 4.79 Å². The molecular weight excluding hydrogens is 374 g/mol. The predicted molar refractivity (Wildman–Crippen MR) is 122 cm³/mol. The fourth-order valence-electron chi connectivity index (χ4n) is 3.80. The molecule has 5 aromatic rings. The number of pyridine rings is 1. The van der Waals surface area contributed by atoms with E-state index in [2.05, 4.69) is 5.32 Å². The van der Waals surface area contributed by atoms with E-state index in [0.717, 1.165) is 62.5 Å². The zero-order valence-electron chi connectivity index (χ0n) is 16.6. The lowest BCUT2D eigenvalue weighted by atomic mass is 10.0. The fraction of sp³-hybridized carbons (Fsp3) is 0.167. The van der Waals surface area contributed by atoms with E-state index in [1.807, 2.05) is 54.6 Å². The maximum absolute atomic E-state index is 11.8. The Morgan fingerprint density at radius 2 is 1.77 bits per heavy atom. The fourth-order valence-corrected chi connectivity index (χ4v) is 3.80. The number of fused-ring (bicyclic) bond motifs is 6. The predicted octanol–water partition coefficient (Wildman–Crippen LogP) is 4.45. The molecule has 0 spiro atoms. The standard InChI is InChI=1S/C24H21N5O/c1-14(30)15-7-9-17-16(13-15)8-10-20-21(17)29-22-18-5-2-3-6-19(18)28-24(23(22)27-20)26-12-4-11-25/h2-3,5-10,13H,4,11-12,25H2,1H3,(H,26,28). The molecule has 0 saturated heterocycles. The van der Waals surface area contributed by atoms with Gasteiger partial charge in [0.25, 0.3) is 0 Å². The van der Waals surface area contributed by atoms with Gasteiger partial charge in [-0.25, -0.2) is 15.0 Å². The highest BCUT2D eigenvalue weighted by Gasteiger charge is 2.14. The number of nitrogens with one attached hydrogen (secondary N) is 1. The maximum Gasteiger partial charge on any atom is 0.159 e. The van der Waals surface area contributed by atoms with Gasteiger partial charge >= 0.3 is 0 Å². The number of carbonyl (C=O) groups is 1. The number of aromatic nitrogens is 3. The van der Waals surface area contributed by atoms with E-state index in [4.69, 9.17) is 20.7 Å². The third kappa shape index (κ3) is 3.02. The molecule has 6 heteroatoms. The van der Waals surface area contributed by atoms with Gasteiger partial charge in [0.2, 0.25) is 0 Å². The first-order valence-corrected chi connectivity index (χ1v) is 10.0. The summed E-state index contributed by atoms with van der Waals surface area (Å²) < 4.78 is 0. The van der Waals surface area contributed by atoms with Crippen molar-refractivity contribution in [3.05, 3.63) is 60.2 Å². The van der Waals surface area contributed by atoms with Crippen LogP contribution in [-0.2, 0) is 0 Å². The van der Waals surface area contributed by atoms with Gasteiger partial charge in [-0.15, -0.1) is 0 Å². The molecule has 0 aliphatic carbocycles. The number of anilines is 1. The lowest BCUT2D eigenvalue weighted by Crippen LogP contribution is -2.10. The Kier molecular flexibility index (Phi) is 4.48. The van der Waals surface area contributed by atoms with Crippen LogP contribution in [0.1, 0.15) is 23.7 Å². The Balaban J connectivity index is 1.83. The smallest absolute Gasteiger partial charge is 0.159 e. The van der Waals surface area contributed by atoms with Crippen molar-refractivity contribution in [3.63, 3.8) is 0 Å². The summed E-state index contributed by atoms with van der Waals surface area (Å²) in [5.41, 5.74) is 10.4. The van der Waals surface area contributed by atoms with Crippen LogP contribution in [-0.4, -0.2) is 33.8 Å². The average molecular weight is 395 g/mol. The molecule has 3 aromatic carbocycles. The molecule has 0 amide bonds. The van der Waals surface area contributed by atoms with Gasteiger partial charge in [-0.2, -0.15) is 0 Å². The van der Waals surface area contributed by atoms with Gasteiger partial charge in [-0.05, 0) is 43.5 Å². The number of Topliss-reactive ketones (excluding diaryl/α,β-unsaturated/α-hetero) is 1. The minimum atomic E-state index is 0.0480. The van der Waals surface area contributed by atoms with Crippen LogP contribution in [0.15, 0.2) is 54.6 Å². The maximum atomic E-state index is 11.8. The summed E-state index contributed by atoms with van der Waals surface area (Å²) >= 11 is 0. The van der Waals surface area contributed by atoms with Crippen molar-refractivity contribution in [3.8, 4) is 0 Å². The molecule has 30 heavy (non-hydrogen) atoms. The van der Waals surface area contributed by atoms with E-state index in [0.29, 0.717) is 12.1 Å². The number of para-hydroxylation sites is 1. The Hall–Kier alpha value is -3.64. The third-order valence-corrected chi connectivity index (χ3v) is 5.35. The van der Waals surface area contributed by atoms with Crippen LogP contribution in [0, 0.1) is 0 Å². The van der Waals surface area contributed by atoms with Gasteiger partial charge in [0.05, 0.1) is 16.6 Å². The van der Waals surface area contributed by atoms with E-state index in [-0.39, 0.29) is 5.78 Å². The number of carbonyl (C=O) groups excluding carboxylic acids is 1. The number of ketones is 1. The van der Waals surface area contributed by atoms with E-state index in [1.165, 1.54) is 0 Å². The van der Waals surface area contributed by atoms with Crippen molar-refractivity contribution in [2.45, 2.75) is 13.3 Å². The lowest BCUT2D eigenvalue weighted by Gasteiger charge is -2.12. The molecule has 0 aliphatic heterocycles. The molecule has 6 nitrogen and oxygen atoms in total. The van der Waals surface area contributed by atoms with Crippen LogP contribution >= 0.6 is 0 Å². The van der Waals surface area contributed by atoms with Crippen LogP contribution < -0.4 is 11.1 Å². The largest absolute Gasteiger partial charge is 0.368 e. The lowest BCUT2D eigenvalue weighted by molar-refractivity contribution is 0.101. The van der Waals surface area contributed by atoms with Gasteiger partial charge in [-0.1, -0.05) is 36.4 Å². The first-order valence-electron chi connectivity index (χ1n) is 10.0. The van der Waals surface area contributed by atoms with Crippen LogP contribution in [0.2, 0.25) is 0 Å². The van der Waals surface area contributed by atoms with E-state index < -0.39 is 0 Å². The monoisotopic (exact) mass is 395 g/mol. The molecule has 148 valence electrons. The topological polar surface area (TPSA) is 93.8 Å². The van der Waals surface area contributed by atoms with Crippen LogP contribution in [0.25, 0.3) is 43.7 Å². The molecule has 3 N–H and O–H groups in total. The van der Waals surface area contributed by atoms with Gasteiger partial charge < -0.3 is 11.1 Å². The molecule has 2 heterocycles. The third-order valence-electron chi connectivity index (χ3n) is 5.35. The molecule has 0 fully saturated rings. The molecule has 0 aliphatic rings. The minimum Gasteiger partial charge on any atom is -0.368 e. The number of nitrogens with two attached hydrogens (primary N) is 1. The van der Waals surface area contributed by atoms with Crippen LogP contribution in [0.3, 0.4) is 0 Å². The van der Waals surface area contributed by atoms with Crippen LogP contribution in [0.5, 0.6) is 0 Å². The van der Waals surface area contributed by atoms with Crippen LogP contribution in [0.4, 0.5) is 5.82 Å². The summed E-state index contributed by atoms with van der Waals surface area (Å²) in [6.07, 6.45) is 0.847. The SMILES string of the molecule is CC(=O)c1ccc2c(ccc3nc4c(NCCCN)nc5ccccc5c4nc32)c1. The zero-order valence-corrected chi connectivity index (χ0v) is 16.6. The number of hydrogen-bond donors (Lipinski definition) is 2. The molecule has 2 aromatic heterocycles. The number of hydrogen-bond acceptors (Lipinski definition) is 6. The Bertz CT molecular complexity index is 1440. The summed E-state index contributed by atoms with van der Waals surface area (Å²) in [5.74, 6) is 0.769. The highest BCUT2D eigenvalue weighted by Crippen LogP contribution is 2.31. The van der Waals surface area contributed by atoms with Crippen molar-refractivity contribution < 1.29 is 4.79 Å². The highest BCUT2D eigenvalue weighted by molar-refractivity contribution is 6.13. The summed E-state index contributed by atoms with van der Waals surface area (Å²) in [6.45, 7) is 2.91. The molecule has 5 rings (SSSR count). The summed E-state index contributed by atoms with van der Waals surface area (Å²) in [5, 5.41) is 6.29. The first-order chi connectivity index (χ1) is 14.7. The van der Waals surface area contributed by atoms with Crippen molar-refractivity contribution in [1.29, 1.82) is 0 Å². The second-order valence-electron chi connectivity index (χ2n) is 7.39. The first kappa shape index (κ1) is 18.4. The van der Waals surface area contributed by atoms with E-state index in [1.54, 1.807) is 6.92 Å².